The summed E-state index contributed by atoms with van der Waals surface area (Å²) in [7, 11) is 1.65. The van der Waals surface area contributed by atoms with E-state index in [2.05, 4.69) is 10.4 Å². The first kappa shape index (κ1) is 12.7. The van der Waals surface area contributed by atoms with Crippen molar-refractivity contribution in [2.45, 2.75) is 0 Å². The molecule has 18 heavy (non-hydrogen) atoms. The van der Waals surface area contributed by atoms with Crippen molar-refractivity contribution in [3.05, 3.63) is 40.1 Å². The SMILES string of the molecule is Cn1cc(Cl)c(C(=O)Nc2cc(Cl)ccc2O)n1. The van der Waals surface area contributed by atoms with E-state index in [0.717, 1.165) is 0 Å². The van der Waals surface area contributed by atoms with Gasteiger partial charge in [-0.25, -0.2) is 0 Å². The third kappa shape index (κ3) is 2.57. The van der Waals surface area contributed by atoms with Gasteiger partial charge < -0.3 is 10.4 Å². The second-order valence-corrected chi connectivity index (χ2v) is 4.46. The number of halogens is 2. The van der Waals surface area contributed by atoms with Crippen molar-refractivity contribution in [1.82, 2.24) is 9.78 Å². The predicted octanol–water partition coefficient (Wildman–Crippen LogP) is 2.68. The summed E-state index contributed by atoms with van der Waals surface area (Å²) in [5.74, 6) is -0.599. The van der Waals surface area contributed by atoms with Crippen molar-refractivity contribution in [2.75, 3.05) is 5.32 Å². The molecule has 0 bridgehead atoms. The highest BCUT2D eigenvalue weighted by Gasteiger charge is 2.16. The van der Waals surface area contributed by atoms with E-state index in [1.165, 1.54) is 29.1 Å². The highest BCUT2D eigenvalue weighted by molar-refractivity contribution is 6.34. The lowest BCUT2D eigenvalue weighted by Crippen LogP contribution is -2.13. The number of hydrogen-bond donors (Lipinski definition) is 2. The quantitative estimate of drug-likeness (QED) is 0.834. The number of nitrogens with zero attached hydrogens (tertiary/aromatic N) is 2. The van der Waals surface area contributed by atoms with Gasteiger partial charge in [0.25, 0.3) is 5.91 Å². The van der Waals surface area contributed by atoms with E-state index in [4.69, 9.17) is 23.2 Å². The van der Waals surface area contributed by atoms with Gasteiger partial charge in [0.1, 0.15) is 5.75 Å². The lowest BCUT2D eigenvalue weighted by atomic mass is 10.3. The van der Waals surface area contributed by atoms with Crippen LogP contribution in [0.4, 0.5) is 5.69 Å². The number of phenols is 1. The summed E-state index contributed by atoms with van der Waals surface area (Å²) in [5, 5.41) is 16.6. The lowest BCUT2D eigenvalue weighted by Gasteiger charge is -2.06. The van der Waals surface area contributed by atoms with Crippen molar-refractivity contribution in [3.63, 3.8) is 0 Å². The number of amides is 1. The van der Waals surface area contributed by atoms with E-state index in [9.17, 15) is 9.90 Å². The van der Waals surface area contributed by atoms with Gasteiger partial charge >= 0.3 is 0 Å². The van der Waals surface area contributed by atoms with E-state index >= 15 is 0 Å². The van der Waals surface area contributed by atoms with Crippen LogP contribution in [0, 0.1) is 0 Å². The maximum atomic E-state index is 11.9. The van der Waals surface area contributed by atoms with Crippen molar-refractivity contribution in [3.8, 4) is 5.75 Å². The van der Waals surface area contributed by atoms with Gasteiger partial charge in [0.15, 0.2) is 5.69 Å². The smallest absolute Gasteiger partial charge is 0.277 e. The molecule has 0 saturated carbocycles. The summed E-state index contributed by atoms with van der Waals surface area (Å²) in [6.07, 6.45) is 1.51. The van der Waals surface area contributed by atoms with Crippen LogP contribution in [-0.4, -0.2) is 20.8 Å². The molecule has 0 unspecified atom stereocenters. The van der Waals surface area contributed by atoms with Crippen LogP contribution in [-0.2, 0) is 7.05 Å². The van der Waals surface area contributed by atoms with Crippen LogP contribution in [0.3, 0.4) is 0 Å². The van der Waals surface area contributed by atoms with Gasteiger partial charge in [0.05, 0.1) is 10.7 Å². The van der Waals surface area contributed by atoms with Crippen LogP contribution >= 0.6 is 23.2 Å². The third-order valence-corrected chi connectivity index (χ3v) is 2.72. The summed E-state index contributed by atoms with van der Waals surface area (Å²) >= 11 is 11.6. The Hall–Kier alpha value is -1.72. The summed E-state index contributed by atoms with van der Waals surface area (Å²) in [6.45, 7) is 0. The Morgan fingerprint density at radius 1 is 1.44 bits per heavy atom. The summed E-state index contributed by atoms with van der Waals surface area (Å²) < 4.78 is 1.43. The Bertz CT molecular complexity index is 610. The maximum Gasteiger partial charge on any atom is 0.277 e. The number of aromatic nitrogens is 2. The topological polar surface area (TPSA) is 67.2 Å². The molecule has 2 rings (SSSR count). The number of carbonyl (C=O) groups excluding carboxylic acids is 1. The average Bonchev–Trinajstić information content (AvgIpc) is 2.63. The number of anilines is 1. The Labute approximate surface area is 113 Å². The van der Waals surface area contributed by atoms with Crippen molar-refractivity contribution < 1.29 is 9.90 Å². The summed E-state index contributed by atoms with van der Waals surface area (Å²) in [5.41, 5.74) is 0.285. The molecule has 0 aliphatic carbocycles. The van der Waals surface area contributed by atoms with Crippen LogP contribution in [0.15, 0.2) is 24.4 Å². The van der Waals surface area contributed by atoms with Crippen LogP contribution in [0.25, 0.3) is 0 Å². The van der Waals surface area contributed by atoms with E-state index < -0.39 is 5.91 Å². The Kier molecular flexibility index (Phi) is 3.45. The van der Waals surface area contributed by atoms with E-state index in [1.807, 2.05) is 0 Å². The average molecular weight is 286 g/mol. The molecule has 0 aliphatic heterocycles. The number of carbonyl (C=O) groups is 1. The zero-order valence-electron chi connectivity index (χ0n) is 9.32. The minimum atomic E-state index is -0.516. The molecule has 0 radical (unpaired) electrons. The molecule has 0 aliphatic rings. The van der Waals surface area contributed by atoms with Crippen LogP contribution in [0.2, 0.25) is 10.0 Å². The fraction of sp³-hybridized carbons (Fsp3) is 0.0909. The fourth-order valence-corrected chi connectivity index (χ4v) is 1.84. The molecule has 1 aromatic heterocycles. The Morgan fingerprint density at radius 3 is 2.78 bits per heavy atom. The molecule has 0 atom stereocenters. The van der Waals surface area contributed by atoms with Crippen LogP contribution in [0.1, 0.15) is 10.5 Å². The van der Waals surface area contributed by atoms with Gasteiger partial charge in [0, 0.05) is 18.3 Å². The molecule has 1 aromatic carbocycles. The summed E-state index contributed by atoms with van der Waals surface area (Å²) in [6, 6.07) is 4.34. The highest BCUT2D eigenvalue weighted by atomic mass is 35.5. The van der Waals surface area contributed by atoms with Gasteiger partial charge in [-0.2, -0.15) is 5.10 Å². The molecular formula is C11H9Cl2N3O2. The Morgan fingerprint density at radius 2 is 2.17 bits per heavy atom. The minimum absolute atomic E-state index is 0.0820. The minimum Gasteiger partial charge on any atom is -0.506 e. The molecule has 0 saturated heterocycles. The molecule has 2 N–H and O–H groups in total. The number of aromatic hydroxyl groups is 1. The van der Waals surface area contributed by atoms with E-state index in [1.54, 1.807) is 7.05 Å². The highest BCUT2D eigenvalue weighted by Crippen LogP contribution is 2.27. The van der Waals surface area contributed by atoms with Gasteiger partial charge in [0.2, 0.25) is 0 Å². The lowest BCUT2D eigenvalue weighted by molar-refractivity contribution is 0.102. The standard InChI is InChI=1S/C11H9Cl2N3O2/c1-16-5-7(13)10(15-16)11(18)14-8-4-6(12)2-3-9(8)17/h2-5,17H,1H3,(H,14,18). The second-order valence-electron chi connectivity index (χ2n) is 3.61. The Balaban J connectivity index is 2.26. The van der Waals surface area contributed by atoms with Crippen LogP contribution in [0.5, 0.6) is 5.75 Å². The van der Waals surface area contributed by atoms with Gasteiger partial charge in [-0.3, -0.25) is 9.48 Å². The fourth-order valence-electron chi connectivity index (χ4n) is 1.40. The number of hydrogen-bond acceptors (Lipinski definition) is 3. The third-order valence-electron chi connectivity index (χ3n) is 2.21. The molecule has 7 heteroatoms. The first-order valence-electron chi connectivity index (χ1n) is 4.96. The molecule has 0 spiro atoms. The number of phenolic OH excluding ortho intramolecular Hbond substituents is 1. The number of benzene rings is 1. The van der Waals surface area contributed by atoms with E-state index in [0.29, 0.717) is 5.02 Å². The monoisotopic (exact) mass is 285 g/mol. The molecular weight excluding hydrogens is 277 g/mol. The zero-order valence-corrected chi connectivity index (χ0v) is 10.8. The molecule has 1 heterocycles. The van der Waals surface area contributed by atoms with E-state index in [-0.39, 0.29) is 22.2 Å². The van der Waals surface area contributed by atoms with Gasteiger partial charge in [-0.1, -0.05) is 23.2 Å². The van der Waals surface area contributed by atoms with Crippen molar-refractivity contribution >= 4 is 34.8 Å². The normalized spacial score (nSPS) is 10.4. The number of rotatable bonds is 2. The predicted molar refractivity (Wildman–Crippen MR) is 69.3 cm³/mol. The van der Waals surface area contributed by atoms with Crippen molar-refractivity contribution in [2.24, 2.45) is 7.05 Å². The van der Waals surface area contributed by atoms with Crippen molar-refractivity contribution in [1.29, 1.82) is 0 Å². The van der Waals surface area contributed by atoms with Crippen LogP contribution < -0.4 is 5.32 Å². The summed E-state index contributed by atoms with van der Waals surface area (Å²) in [4.78, 5) is 11.9. The number of nitrogens with one attached hydrogen (secondary N) is 1. The molecule has 5 nitrogen and oxygen atoms in total. The number of aryl methyl sites for hydroxylation is 1. The van der Waals surface area contributed by atoms with Gasteiger partial charge in [-0.05, 0) is 18.2 Å². The molecule has 2 aromatic rings. The van der Waals surface area contributed by atoms with Gasteiger partial charge in [-0.15, -0.1) is 0 Å². The molecule has 1 amide bonds. The largest absolute Gasteiger partial charge is 0.506 e. The first-order chi connectivity index (χ1) is 8.47. The molecule has 94 valence electrons. The second kappa shape index (κ2) is 4.88. The first-order valence-corrected chi connectivity index (χ1v) is 5.72. The zero-order chi connectivity index (χ0) is 13.3. The molecule has 0 fully saturated rings. The maximum absolute atomic E-state index is 11.9.